The SMILES string of the molecule is CC1(C2(CCC(=O)n3cc4ccc(C(F)(F)F)cc4c3)NC(=O)NC2=O)CC1. The molecule has 2 heterocycles. The van der Waals surface area contributed by atoms with Crippen molar-refractivity contribution in [3.05, 3.63) is 36.2 Å². The first kappa shape index (κ1) is 18.5. The van der Waals surface area contributed by atoms with Crippen molar-refractivity contribution in [2.75, 3.05) is 0 Å². The van der Waals surface area contributed by atoms with Crippen molar-refractivity contribution in [2.45, 2.75) is 44.3 Å². The summed E-state index contributed by atoms with van der Waals surface area (Å²) in [5.41, 5.74) is -2.31. The van der Waals surface area contributed by atoms with Crippen LogP contribution in [0.3, 0.4) is 0 Å². The van der Waals surface area contributed by atoms with E-state index in [0.29, 0.717) is 10.8 Å². The molecule has 3 amide bonds. The number of carbonyl (C=O) groups is 3. The zero-order valence-electron chi connectivity index (χ0n) is 15.0. The Labute approximate surface area is 158 Å². The molecule has 2 aromatic rings. The van der Waals surface area contributed by atoms with E-state index in [1.807, 2.05) is 6.92 Å². The Kier molecular flexibility index (Phi) is 3.85. The third kappa shape index (κ3) is 2.85. The van der Waals surface area contributed by atoms with E-state index >= 15 is 0 Å². The fourth-order valence-corrected chi connectivity index (χ4v) is 3.89. The van der Waals surface area contributed by atoms with Crippen LogP contribution >= 0.6 is 0 Å². The van der Waals surface area contributed by atoms with Gasteiger partial charge in [0.15, 0.2) is 0 Å². The molecule has 6 nitrogen and oxygen atoms in total. The Hall–Kier alpha value is -2.84. The van der Waals surface area contributed by atoms with Gasteiger partial charge in [-0.25, -0.2) is 4.79 Å². The highest BCUT2D eigenvalue weighted by Gasteiger charge is 2.63. The number of alkyl halides is 3. The van der Waals surface area contributed by atoms with Gasteiger partial charge in [0.05, 0.1) is 5.56 Å². The maximum absolute atomic E-state index is 12.9. The summed E-state index contributed by atoms with van der Waals surface area (Å²) in [4.78, 5) is 36.7. The van der Waals surface area contributed by atoms with Crippen molar-refractivity contribution < 1.29 is 27.6 Å². The lowest BCUT2D eigenvalue weighted by molar-refractivity contribution is -0.137. The third-order valence-corrected chi connectivity index (χ3v) is 5.94. The van der Waals surface area contributed by atoms with Crippen LogP contribution in [0.25, 0.3) is 10.8 Å². The first-order chi connectivity index (χ1) is 13.0. The fourth-order valence-electron chi connectivity index (χ4n) is 3.89. The summed E-state index contributed by atoms with van der Waals surface area (Å²) in [6.07, 6.45) is -0.00749. The van der Waals surface area contributed by atoms with Crippen molar-refractivity contribution in [2.24, 2.45) is 5.41 Å². The van der Waals surface area contributed by atoms with Gasteiger partial charge in [-0.05, 0) is 42.2 Å². The number of hydrogen-bond acceptors (Lipinski definition) is 3. The fraction of sp³-hybridized carbons (Fsp3) is 0.421. The number of amides is 3. The zero-order chi connectivity index (χ0) is 20.3. The number of fused-ring (bicyclic) bond motifs is 1. The molecule has 0 spiro atoms. The molecule has 2 fully saturated rings. The topological polar surface area (TPSA) is 80.2 Å². The average Bonchev–Trinajstić information content (AvgIpc) is 3.11. The van der Waals surface area contributed by atoms with E-state index in [2.05, 4.69) is 10.6 Å². The number of nitrogens with zero attached hydrogens (tertiary/aromatic N) is 1. The Morgan fingerprint density at radius 3 is 2.43 bits per heavy atom. The second kappa shape index (κ2) is 5.83. The van der Waals surface area contributed by atoms with E-state index in [9.17, 15) is 27.6 Å². The zero-order valence-corrected chi connectivity index (χ0v) is 15.0. The highest BCUT2D eigenvalue weighted by atomic mass is 19.4. The van der Waals surface area contributed by atoms with Gasteiger partial charge in [0.2, 0.25) is 5.91 Å². The van der Waals surface area contributed by atoms with Crippen LogP contribution in [0, 0.1) is 5.41 Å². The molecule has 0 bridgehead atoms. The quantitative estimate of drug-likeness (QED) is 0.781. The van der Waals surface area contributed by atoms with E-state index in [4.69, 9.17) is 0 Å². The Morgan fingerprint density at radius 1 is 1.18 bits per heavy atom. The average molecular weight is 393 g/mol. The molecule has 1 saturated carbocycles. The standard InChI is InChI=1S/C19H18F3N3O3/c1-17(6-7-17)18(15(27)23-16(28)24-18)5-4-14(26)25-9-11-2-3-13(19(20,21)22)8-12(11)10-25/h2-3,8-10H,4-7H2,1H3,(H2,23,24,27,28). The molecule has 0 radical (unpaired) electrons. The monoisotopic (exact) mass is 393 g/mol. The Morgan fingerprint density at radius 2 is 1.86 bits per heavy atom. The van der Waals surface area contributed by atoms with E-state index in [1.165, 1.54) is 23.0 Å². The minimum absolute atomic E-state index is 0.0313. The summed E-state index contributed by atoms with van der Waals surface area (Å²) >= 11 is 0. The van der Waals surface area contributed by atoms with Crippen molar-refractivity contribution in [1.29, 1.82) is 0 Å². The Balaban J connectivity index is 1.55. The van der Waals surface area contributed by atoms with Crippen LogP contribution in [0.5, 0.6) is 0 Å². The normalized spacial score (nSPS) is 23.6. The molecule has 2 aliphatic rings. The molecule has 1 unspecified atom stereocenters. The summed E-state index contributed by atoms with van der Waals surface area (Å²) in [7, 11) is 0. The van der Waals surface area contributed by atoms with Gasteiger partial charge in [0.25, 0.3) is 5.91 Å². The van der Waals surface area contributed by atoms with Gasteiger partial charge in [-0.1, -0.05) is 13.0 Å². The molecule has 28 heavy (non-hydrogen) atoms. The molecule has 1 saturated heterocycles. The molecule has 1 atom stereocenters. The van der Waals surface area contributed by atoms with Crippen LogP contribution in [-0.4, -0.2) is 28.0 Å². The van der Waals surface area contributed by atoms with Gasteiger partial charge < -0.3 is 5.32 Å². The van der Waals surface area contributed by atoms with Gasteiger partial charge in [0, 0.05) is 24.2 Å². The molecule has 4 rings (SSSR count). The van der Waals surface area contributed by atoms with E-state index in [0.717, 1.165) is 25.0 Å². The highest BCUT2D eigenvalue weighted by molar-refractivity contribution is 6.08. The molecule has 1 aliphatic heterocycles. The molecule has 1 aromatic carbocycles. The van der Waals surface area contributed by atoms with Crippen molar-refractivity contribution >= 4 is 28.6 Å². The number of imide groups is 1. The number of rotatable bonds is 4. The van der Waals surface area contributed by atoms with Crippen LogP contribution in [0.4, 0.5) is 18.0 Å². The summed E-state index contributed by atoms with van der Waals surface area (Å²) in [5, 5.41) is 5.75. The van der Waals surface area contributed by atoms with Gasteiger partial charge in [-0.3, -0.25) is 19.5 Å². The molecular formula is C19H18F3N3O3. The molecule has 2 N–H and O–H groups in total. The second-order valence-electron chi connectivity index (χ2n) is 7.77. The number of halogens is 3. The van der Waals surface area contributed by atoms with Crippen LogP contribution in [0.1, 0.15) is 43.0 Å². The van der Waals surface area contributed by atoms with E-state index < -0.39 is 34.6 Å². The number of urea groups is 1. The minimum atomic E-state index is -4.46. The lowest BCUT2D eigenvalue weighted by atomic mass is 9.78. The molecular weight excluding hydrogens is 375 g/mol. The summed E-state index contributed by atoms with van der Waals surface area (Å²) in [6, 6.07) is 2.71. The summed E-state index contributed by atoms with van der Waals surface area (Å²) in [5.74, 6) is -0.792. The van der Waals surface area contributed by atoms with Crippen molar-refractivity contribution in [3.8, 4) is 0 Å². The maximum Gasteiger partial charge on any atom is 0.416 e. The Bertz CT molecular complexity index is 1010. The van der Waals surface area contributed by atoms with Gasteiger partial charge in [-0.15, -0.1) is 0 Å². The summed E-state index contributed by atoms with van der Waals surface area (Å²) < 4.78 is 39.8. The molecule has 148 valence electrons. The van der Waals surface area contributed by atoms with Crippen LogP contribution < -0.4 is 10.6 Å². The first-order valence-corrected chi connectivity index (χ1v) is 8.90. The smallest absolute Gasteiger partial charge is 0.323 e. The number of aromatic nitrogens is 1. The van der Waals surface area contributed by atoms with E-state index in [-0.39, 0.29) is 18.7 Å². The van der Waals surface area contributed by atoms with Crippen LogP contribution in [0.2, 0.25) is 0 Å². The van der Waals surface area contributed by atoms with Gasteiger partial charge in [-0.2, -0.15) is 13.2 Å². The largest absolute Gasteiger partial charge is 0.416 e. The van der Waals surface area contributed by atoms with Crippen molar-refractivity contribution in [3.63, 3.8) is 0 Å². The summed E-state index contributed by atoms with van der Waals surface area (Å²) in [6.45, 7) is 1.89. The van der Waals surface area contributed by atoms with Crippen molar-refractivity contribution in [1.82, 2.24) is 15.2 Å². The van der Waals surface area contributed by atoms with Gasteiger partial charge >= 0.3 is 12.2 Å². The number of carbonyl (C=O) groups excluding carboxylic acids is 3. The highest BCUT2D eigenvalue weighted by Crippen LogP contribution is 2.56. The molecule has 9 heteroatoms. The van der Waals surface area contributed by atoms with Gasteiger partial charge in [0.1, 0.15) is 5.54 Å². The van der Waals surface area contributed by atoms with Crippen LogP contribution in [-0.2, 0) is 11.0 Å². The number of benzene rings is 1. The predicted octanol–water partition coefficient (Wildman–Crippen LogP) is 3.46. The van der Waals surface area contributed by atoms with E-state index in [1.54, 1.807) is 0 Å². The number of hydrogen-bond donors (Lipinski definition) is 2. The second-order valence-corrected chi connectivity index (χ2v) is 7.77. The third-order valence-electron chi connectivity index (χ3n) is 5.94. The minimum Gasteiger partial charge on any atom is -0.323 e. The lowest BCUT2D eigenvalue weighted by Gasteiger charge is -2.32. The number of nitrogens with one attached hydrogen (secondary N) is 2. The molecule has 1 aromatic heterocycles. The lowest BCUT2D eigenvalue weighted by Crippen LogP contribution is -2.54. The molecule has 1 aliphatic carbocycles. The predicted molar refractivity (Wildman–Crippen MR) is 93.5 cm³/mol. The van der Waals surface area contributed by atoms with Crippen LogP contribution in [0.15, 0.2) is 30.6 Å². The maximum atomic E-state index is 12.9. The first-order valence-electron chi connectivity index (χ1n) is 8.90.